The second-order valence-electron chi connectivity index (χ2n) is 7.35. The van der Waals surface area contributed by atoms with E-state index in [9.17, 15) is 4.79 Å². The highest BCUT2D eigenvalue weighted by Gasteiger charge is 2.26. The summed E-state index contributed by atoms with van der Waals surface area (Å²) in [6, 6.07) is 7.96. The lowest BCUT2D eigenvalue weighted by molar-refractivity contribution is 0.0831. The number of hydrogen-bond acceptors (Lipinski definition) is 4. The Morgan fingerprint density at radius 1 is 1.24 bits per heavy atom. The quantitative estimate of drug-likeness (QED) is 0.777. The lowest BCUT2D eigenvalue weighted by Crippen LogP contribution is -2.26. The Labute approximate surface area is 153 Å². The molecule has 1 aliphatic rings. The zero-order valence-corrected chi connectivity index (χ0v) is 16.2. The molecule has 1 saturated heterocycles. The van der Waals surface area contributed by atoms with Gasteiger partial charge in [0, 0.05) is 23.4 Å². The fraction of sp³-hybridized carbons (Fsp3) is 0.400. The summed E-state index contributed by atoms with van der Waals surface area (Å²) in [5, 5.41) is 4.94. The van der Waals surface area contributed by atoms with Crippen molar-refractivity contribution in [3.8, 4) is 0 Å². The van der Waals surface area contributed by atoms with Crippen LogP contribution in [0.3, 0.4) is 0 Å². The fourth-order valence-corrected chi connectivity index (χ4v) is 3.85. The van der Waals surface area contributed by atoms with Crippen molar-refractivity contribution in [2.45, 2.75) is 40.0 Å². The predicted molar refractivity (Wildman–Crippen MR) is 103 cm³/mol. The van der Waals surface area contributed by atoms with Crippen LogP contribution in [0.1, 0.15) is 53.7 Å². The van der Waals surface area contributed by atoms with Gasteiger partial charge in [-0.3, -0.25) is 4.79 Å². The molecule has 1 aliphatic heterocycles. The molecule has 0 bridgehead atoms. The standard InChI is InChI=1S/C20H24N2O2S/c1-13-17(14(2)24-21-13)12-18-22(10-11-25-18)19(23)15-6-8-16(9-7-15)20(3,4)5/h6-9,12H,10-11H2,1-5H3/b18-12+. The number of carbonyl (C=O) groups is 1. The van der Waals surface area contributed by atoms with E-state index >= 15 is 0 Å². The van der Waals surface area contributed by atoms with E-state index in [0.717, 1.165) is 39.9 Å². The maximum absolute atomic E-state index is 12.9. The summed E-state index contributed by atoms with van der Waals surface area (Å²) in [7, 11) is 0. The molecule has 0 saturated carbocycles. The van der Waals surface area contributed by atoms with Crippen LogP contribution in [-0.4, -0.2) is 28.3 Å². The van der Waals surface area contributed by atoms with Gasteiger partial charge in [-0.25, -0.2) is 0 Å². The molecule has 4 nitrogen and oxygen atoms in total. The molecular weight excluding hydrogens is 332 g/mol. The fourth-order valence-electron chi connectivity index (χ4n) is 2.84. The number of rotatable bonds is 2. The number of carbonyl (C=O) groups excluding carboxylic acids is 1. The van der Waals surface area contributed by atoms with E-state index in [1.54, 1.807) is 11.8 Å². The molecule has 25 heavy (non-hydrogen) atoms. The van der Waals surface area contributed by atoms with Crippen LogP contribution >= 0.6 is 11.8 Å². The maximum Gasteiger partial charge on any atom is 0.258 e. The van der Waals surface area contributed by atoms with Gasteiger partial charge in [-0.2, -0.15) is 0 Å². The molecule has 1 fully saturated rings. The minimum Gasteiger partial charge on any atom is -0.361 e. The van der Waals surface area contributed by atoms with Crippen LogP contribution in [-0.2, 0) is 5.41 Å². The summed E-state index contributed by atoms with van der Waals surface area (Å²) in [5.41, 5.74) is 3.84. The van der Waals surface area contributed by atoms with Crippen LogP contribution < -0.4 is 0 Å². The predicted octanol–water partition coefficient (Wildman–Crippen LogP) is 4.78. The molecule has 0 N–H and O–H groups in total. The van der Waals surface area contributed by atoms with Gasteiger partial charge in [-0.05, 0) is 43.0 Å². The molecule has 0 unspecified atom stereocenters. The number of thioether (sulfide) groups is 1. The highest BCUT2D eigenvalue weighted by Crippen LogP contribution is 2.33. The first-order valence-electron chi connectivity index (χ1n) is 8.47. The molecule has 0 spiro atoms. The third-order valence-corrected chi connectivity index (χ3v) is 5.45. The summed E-state index contributed by atoms with van der Waals surface area (Å²) in [6.45, 7) is 11.0. The molecule has 1 aromatic carbocycles. The lowest BCUT2D eigenvalue weighted by atomic mass is 9.86. The van der Waals surface area contributed by atoms with Crippen LogP contribution in [0.4, 0.5) is 0 Å². The number of amides is 1. The maximum atomic E-state index is 12.9. The SMILES string of the molecule is Cc1noc(C)c1/C=C1/SCCN1C(=O)c1ccc(C(C)(C)C)cc1. The van der Waals surface area contributed by atoms with Crippen LogP contribution in [0, 0.1) is 13.8 Å². The molecule has 1 aromatic heterocycles. The number of benzene rings is 1. The molecule has 1 amide bonds. The van der Waals surface area contributed by atoms with Gasteiger partial charge in [-0.1, -0.05) is 38.1 Å². The monoisotopic (exact) mass is 356 g/mol. The van der Waals surface area contributed by atoms with Crippen LogP contribution in [0.5, 0.6) is 0 Å². The Morgan fingerprint density at radius 3 is 2.48 bits per heavy atom. The second-order valence-corrected chi connectivity index (χ2v) is 8.47. The Balaban J connectivity index is 1.86. The van der Waals surface area contributed by atoms with E-state index in [1.807, 2.05) is 49.1 Å². The first kappa shape index (κ1) is 17.8. The van der Waals surface area contributed by atoms with E-state index in [0.29, 0.717) is 0 Å². The lowest BCUT2D eigenvalue weighted by Gasteiger charge is -2.20. The molecular formula is C20H24N2O2S. The molecule has 0 aliphatic carbocycles. The van der Waals surface area contributed by atoms with Gasteiger partial charge in [0.1, 0.15) is 5.76 Å². The van der Waals surface area contributed by atoms with Gasteiger partial charge in [0.15, 0.2) is 0 Å². The molecule has 2 heterocycles. The zero-order chi connectivity index (χ0) is 18.2. The van der Waals surface area contributed by atoms with E-state index in [4.69, 9.17) is 4.52 Å². The number of hydrogen-bond donors (Lipinski definition) is 0. The Kier molecular flexibility index (Phi) is 4.78. The molecule has 132 valence electrons. The summed E-state index contributed by atoms with van der Waals surface area (Å²) in [5.74, 6) is 1.73. The normalized spacial score (nSPS) is 16.7. The van der Waals surface area contributed by atoms with Gasteiger partial charge in [-0.15, -0.1) is 11.8 Å². The number of aryl methyl sites for hydroxylation is 2. The largest absolute Gasteiger partial charge is 0.361 e. The number of aromatic nitrogens is 1. The van der Waals surface area contributed by atoms with Crippen molar-refractivity contribution in [1.82, 2.24) is 10.1 Å². The average molecular weight is 356 g/mol. The summed E-state index contributed by atoms with van der Waals surface area (Å²) in [4.78, 5) is 14.8. The van der Waals surface area contributed by atoms with E-state index in [2.05, 4.69) is 25.9 Å². The first-order valence-corrected chi connectivity index (χ1v) is 9.45. The van der Waals surface area contributed by atoms with Gasteiger partial charge in [0.05, 0.1) is 10.7 Å². The van der Waals surface area contributed by atoms with E-state index in [1.165, 1.54) is 5.56 Å². The van der Waals surface area contributed by atoms with Gasteiger partial charge in [0.25, 0.3) is 5.91 Å². The van der Waals surface area contributed by atoms with Crippen LogP contribution in [0.25, 0.3) is 6.08 Å². The van der Waals surface area contributed by atoms with Crippen LogP contribution in [0.2, 0.25) is 0 Å². The Bertz CT molecular complexity index is 794. The number of nitrogens with zero attached hydrogens (tertiary/aromatic N) is 2. The second kappa shape index (κ2) is 6.71. The van der Waals surface area contributed by atoms with Gasteiger partial charge < -0.3 is 9.42 Å². The first-order chi connectivity index (χ1) is 11.8. The molecule has 0 atom stereocenters. The highest BCUT2D eigenvalue weighted by molar-refractivity contribution is 8.03. The summed E-state index contributed by atoms with van der Waals surface area (Å²) >= 11 is 1.69. The van der Waals surface area contributed by atoms with E-state index < -0.39 is 0 Å². The average Bonchev–Trinajstić information content (AvgIpc) is 3.15. The minimum atomic E-state index is 0.0449. The van der Waals surface area contributed by atoms with Crippen molar-refractivity contribution in [1.29, 1.82) is 0 Å². The van der Waals surface area contributed by atoms with Crippen LogP contribution in [0.15, 0.2) is 33.8 Å². The van der Waals surface area contributed by atoms with Crippen molar-refractivity contribution >= 4 is 23.7 Å². The smallest absolute Gasteiger partial charge is 0.258 e. The molecule has 3 rings (SSSR count). The molecule has 0 radical (unpaired) electrons. The summed E-state index contributed by atoms with van der Waals surface area (Å²) < 4.78 is 5.22. The minimum absolute atomic E-state index is 0.0449. The Hall–Kier alpha value is -2.01. The third-order valence-electron chi connectivity index (χ3n) is 4.43. The molecule has 5 heteroatoms. The Morgan fingerprint density at radius 2 is 1.92 bits per heavy atom. The van der Waals surface area contributed by atoms with Crippen molar-refractivity contribution in [3.63, 3.8) is 0 Å². The van der Waals surface area contributed by atoms with Gasteiger partial charge >= 0.3 is 0 Å². The van der Waals surface area contributed by atoms with Gasteiger partial charge in [0.2, 0.25) is 0 Å². The topological polar surface area (TPSA) is 46.3 Å². The highest BCUT2D eigenvalue weighted by atomic mass is 32.2. The molecule has 2 aromatic rings. The van der Waals surface area contributed by atoms with Crippen molar-refractivity contribution in [2.24, 2.45) is 0 Å². The van der Waals surface area contributed by atoms with Crippen molar-refractivity contribution < 1.29 is 9.32 Å². The van der Waals surface area contributed by atoms with Crippen molar-refractivity contribution in [3.05, 3.63) is 57.4 Å². The summed E-state index contributed by atoms with van der Waals surface area (Å²) in [6.07, 6.45) is 2.01. The zero-order valence-electron chi connectivity index (χ0n) is 15.4. The van der Waals surface area contributed by atoms with Crippen molar-refractivity contribution in [2.75, 3.05) is 12.3 Å². The van der Waals surface area contributed by atoms with E-state index in [-0.39, 0.29) is 11.3 Å². The third kappa shape index (κ3) is 3.66.